The molecule has 114 valence electrons. The van der Waals surface area contributed by atoms with Gasteiger partial charge in [0, 0.05) is 35.8 Å². The molecule has 2 rings (SSSR count). The van der Waals surface area contributed by atoms with E-state index < -0.39 is 10.2 Å². The summed E-state index contributed by atoms with van der Waals surface area (Å²) in [5.74, 6) is 0. The van der Waals surface area contributed by atoms with Gasteiger partial charge in [0.25, 0.3) is 5.69 Å². The number of carbonyl (C=O) groups is 1. The number of thioether (sulfide) groups is 1. The number of hydrogen-bond donors (Lipinski definition) is 0. The van der Waals surface area contributed by atoms with Crippen LogP contribution in [0.4, 0.5) is 10.5 Å². The number of aryl methyl sites for hydroxylation is 2. The van der Waals surface area contributed by atoms with Crippen LogP contribution >= 0.6 is 11.8 Å². The van der Waals surface area contributed by atoms with Crippen molar-refractivity contribution in [2.24, 2.45) is 0 Å². The average molecular weight is 319 g/mol. The van der Waals surface area contributed by atoms with Crippen LogP contribution in [0.25, 0.3) is 0 Å². The van der Waals surface area contributed by atoms with Gasteiger partial charge >= 0.3 is 5.30 Å². The molecule has 22 heavy (non-hydrogen) atoms. The second-order valence-corrected chi connectivity index (χ2v) is 5.39. The quantitative estimate of drug-likeness (QED) is 0.280. The molecular weight excluding hydrogens is 306 g/mol. The van der Waals surface area contributed by atoms with Crippen LogP contribution in [0.15, 0.2) is 35.6 Å². The number of rotatable bonds is 4. The van der Waals surface area contributed by atoms with Crippen molar-refractivity contribution in [1.82, 2.24) is 9.97 Å². The van der Waals surface area contributed by atoms with Crippen LogP contribution in [0.5, 0.6) is 0 Å². The SMILES string of the molecule is Cc1cnc(SC(=O)OCc2ccc([N+](=O)[O-])cc2)nc1C. The van der Waals surface area contributed by atoms with Crippen molar-refractivity contribution in [1.29, 1.82) is 0 Å². The van der Waals surface area contributed by atoms with Gasteiger partial charge in [-0.1, -0.05) is 0 Å². The van der Waals surface area contributed by atoms with Crippen LogP contribution in [0, 0.1) is 24.0 Å². The predicted molar refractivity (Wildman–Crippen MR) is 80.6 cm³/mol. The fourth-order valence-corrected chi connectivity index (χ4v) is 2.07. The van der Waals surface area contributed by atoms with E-state index in [9.17, 15) is 14.9 Å². The molecule has 7 nitrogen and oxygen atoms in total. The van der Waals surface area contributed by atoms with Gasteiger partial charge in [-0.3, -0.25) is 10.1 Å². The highest BCUT2D eigenvalue weighted by Crippen LogP contribution is 2.18. The Morgan fingerprint density at radius 1 is 1.32 bits per heavy atom. The standard InChI is InChI=1S/C14H13N3O4S/c1-9-7-15-13(16-10(9)2)22-14(18)21-8-11-3-5-12(6-4-11)17(19)20/h3-7H,8H2,1-2H3. The third-order valence-corrected chi connectivity index (χ3v) is 3.54. The lowest BCUT2D eigenvalue weighted by molar-refractivity contribution is -0.384. The van der Waals surface area contributed by atoms with Crippen molar-refractivity contribution in [2.75, 3.05) is 0 Å². The number of non-ortho nitro benzene ring substituents is 1. The fourth-order valence-electron chi connectivity index (χ4n) is 1.52. The first kappa shape index (κ1) is 15.9. The van der Waals surface area contributed by atoms with Crippen LogP contribution in [-0.2, 0) is 11.3 Å². The molecular formula is C14H13N3O4S. The van der Waals surface area contributed by atoms with E-state index in [0.29, 0.717) is 10.7 Å². The van der Waals surface area contributed by atoms with Crippen molar-refractivity contribution in [3.05, 3.63) is 57.4 Å². The zero-order valence-electron chi connectivity index (χ0n) is 12.0. The number of hydrogen-bond acceptors (Lipinski definition) is 7. The van der Waals surface area contributed by atoms with Gasteiger partial charge in [-0.25, -0.2) is 14.8 Å². The predicted octanol–water partition coefficient (Wildman–Crippen LogP) is 3.43. The van der Waals surface area contributed by atoms with E-state index in [0.717, 1.165) is 23.0 Å². The van der Waals surface area contributed by atoms with E-state index in [4.69, 9.17) is 4.74 Å². The smallest absolute Gasteiger partial charge is 0.375 e. The molecule has 0 spiro atoms. The van der Waals surface area contributed by atoms with Gasteiger partial charge in [-0.2, -0.15) is 0 Å². The van der Waals surface area contributed by atoms with Gasteiger partial charge in [-0.05, 0) is 37.1 Å². The maximum Gasteiger partial charge on any atom is 0.375 e. The second kappa shape index (κ2) is 6.99. The topological polar surface area (TPSA) is 95.2 Å². The molecule has 0 aliphatic rings. The van der Waals surface area contributed by atoms with E-state index in [-0.39, 0.29) is 12.3 Å². The minimum Gasteiger partial charge on any atom is -0.452 e. The van der Waals surface area contributed by atoms with E-state index in [1.165, 1.54) is 12.1 Å². The molecule has 0 N–H and O–H groups in total. The molecule has 2 aromatic rings. The van der Waals surface area contributed by atoms with Gasteiger partial charge in [0.05, 0.1) is 4.92 Å². The Balaban J connectivity index is 1.89. The number of nitro groups is 1. The highest BCUT2D eigenvalue weighted by atomic mass is 32.2. The third-order valence-electron chi connectivity index (χ3n) is 2.88. The highest BCUT2D eigenvalue weighted by molar-refractivity contribution is 8.13. The Morgan fingerprint density at radius 2 is 2.00 bits per heavy atom. The lowest BCUT2D eigenvalue weighted by atomic mass is 10.2. The molecule has 0 bridgehead atoms. The summed E-state index contributed by atoms with van der Waals surface area (Å²) in [6.07, 6.45) is 1.65. The molecule has 1 aromatic carbocycles. The number of carbonyl (C=O) groups excluding carboxylic acids is 1. The third kappa shape index (κ3) is 4.26. The first-order chi connectivity index (χ1) is 10.5. The molecule has 0 radical (unpaired) electrons. The Kier molecular flexibility index (Phi) is 5.05. The Morgan fingerprint density at radius 3 is 2.59 bits per heavy atom. The molecule has 0 unspecified atom stereocenters. The summed E-state index contributed by atoms with van der Waals surface area (Å²) in [6, 6.07) is 5.82. The second-order valence-electron chi connectivity index (χ2n) is 4.49. The summed E-state index contributed by atoms with van der Waals surface area (Å²) in [5.41, 5.74) is 2.41. The van der Waals surface area contributed by atoms with Crippen LogP contribution in [0.3, 0.4) is 0 Å². The molecule has 8 heteroatoms. The summed E-state index contributed by atoms with van der Waals surface area (Å²) in [6.45, 7) is 3.76. The monoisotopic (exact) mass is 319 g/mol. The van der Waals surface area contributed by atoms with Crippen molar-refractivity contribution in [2.45, 2.75) is 25.6 Å². The van der Waals surface area contributed by atoms with Crippen molar-refractivity contribution >= 4 is 22.8 Å². The molecule has 0 aliphatic heterocycles. The number of ether oxygens (including phenoxy) is 1. The average Bonchev–Trinajstić information content (AvgIpc) is 2.49. The molecule has 0 fully saturated rings. The minimum atomic E-state index is -0.526. The number of nitrogens with zero attached hydrogens (tertiary/aromatic N) is 3. The lowest BCUT2D eigenvalue weighted by Gasteiger charge is -2.05. The van der Waals surface area contributed by atoms with Crippen molar-refractivity contribution in [3.8, 4) is 0 Å². The van der Waals surface area contributed by atoms with Crippen LogP contribution in [0.1, 0.15) is 16.8 Å². The maximum atomic E-state index is 11.7. The van der Waals surface area contributed by atoms with Crippen molar-refractivity contribution < 1.29 is 14.5 Å². The van der Waals surface area contributed by atoms with Gasteiger partial charge in [0.15, 0.2) is 5.16 Å². The zero-order chi connectivity index (χ0) is 16.1. The minimum absolute atomic E-state index is 0.00650. The van der Waals surface area contributed by atoms with E-state index in [1.54, 1.807) is 18.3 Å². The Hall–Kier alpha value is -2.48. The number of aromatic nitrogens is 2. The number of nitro benzene ring substituents is 1. The van der Waals surface area contributed by atoms with E-state index in [2.05, 4.69) is 9.97 Å². The molecule has 1 heterocycles. The van der Waals surface area contributed by atoms with Crippen molar-refractivity contribution in [3.63, 3.8) is 0 Å². The molecule has 1 aromatic heterocycles. The van der Waals surface area contributed by atoms with Gasteiger partial charge < -0.3 is 4.74 Å². The summed E-state index contributed by atoms with van der Waals surface area (Å²) in [4.78, 5) is 30.0. The molecule has 0 aliphatic carbocycles. The van der Waals surface area contributed by atoms with Crippen LogP contribution < -0.4 is 0 Å². The van der Waals surface area contributed by atoms with E-state index >= 15 is 0 Å². The lowest BCUT2D eigenvalue weighted by Crippen LogP contribution is -2.01. The Bertz CT molecular complexity index is 704. The summed E-state index contributed by atoms with van der Waals surface area (Å²) in [7, 11) is 0. The largest absolute Gasteiger partial charge is 0.452 e. The van der Waals surface area contributed by atoms with Gasteiger partial charge in [0.1, 0.15) is 6.61 Å². The van der Waals surface area contributed by atoms with Crippen LogP contribution in [0.2, 0.25) is 0 Å². The summed E-state index contributed by atoms with van der Waals surface area (Å²) in [5, 5.41) is 10.3. The normalized spacial score (nSPS) is 10.3. The first-order valence-electron chi connectivity index (χ1n) is 6.34. The molecule has 0 atom stereocenters. The zero-order valence-corrected chi connectivity index (χ0v) is 12.8. The molecule has 0 saturated heterocycles. The van der Waals surface area contributed by atoms with Crippen LogP contribution in [-0.4, -0.2) is 20.2 Å². The van der Waals surface area contributed by atoms with E-state index in [1.807, 2.05) is 13.8 Å². The summed E-state index contributed by atoms with van der Waals surface area (Å²) >= 11 is 0.802. The van der Waals surface area contributed by atoms with Gasteiger partial charge in [0.2, 0.25) is 0 Å². The van der Waals surface area contributed by atoms with Gasteiger partial charge in [-0.15, -0.1) is 0 Å². The molecule has 0 saturated carbocycles. The fraction of sp³-hybridized carbons (Fsp3) is 0.214. The highest BCUT2D eigenvalue weighted by Gasteiger charge is 2.11. The molecule has 0 amide bonds. The first-order valence-corrected chi connectivity index (χ1v) is 7.15. The summed E-state index contributed by atoms with van der Waals surface area (Å²) < 4.78 is 5.08. The maximum absolute atomic E-state index is 11.7. The number of benzene rings is 1. The Labute approximate surface area is 130 Å².